The number of carbonyl (C=O) groups is 1. The fourth-order valence-corrected chi connectivity index (χ4v) is 0.310. The van der Waals surface area contributed by atoms with Crippen LogP contribution in [-0.2, 0) is 4.79 Å². The molecule has 0 aromatic rings. The summed E-state index contributed by atoms with van der Waals surface area (Å²) in [4.78, 5) is 9.65. The molecule has 6 heteroatoms. The molecule has 0 saturated carbocycles. The fraction of sp³-hybridized carbons (Fsp3) is 0.857. The van der Waals surface area contributed by atoms with Crippen LogP contribution in [0.25, 0.3) is 0 Å². The fourth-order valence-electron chi connectivity index (χ4n) is 0.310. The SMILES string of the molecule is C[C@@H](O)CC(=O)O.OCC(O)CO. The summed E-state index contributed by atoms with van der Waals surface area (Å²) in [6.45, 7) is 0.709. The molecule has 0 aliphatic rings. The van der Waals surface area contributed by atoms with E-state index in [-0.39, 0.29) is 19.6 Å². The van der Waals surface area contributed by atoms with Gasteiger partial charge in [0, 0.05) is 0 Å². The van der Waals surface area contributed by atoms with Crippen molar-refractivity contribution in [1.29, 1.82) is 0 Å². The number of aliphatic hydroxyl groups excluding tert-OH is 4. The molecule has 5 N–H and O–H groups in total. The molecule has 0 amide bonds. The van der Waals surface area contributed by atoms with Crippen LogP contribution in [0.3, 0.4) is 0 Å². The van der Waals surface area contributed by atoms with Gasteiger partial charge in [0.1, 0.15) is 6.10 Å². The van der Waals surface area contributed by atoms with Gasteiger partial charge in [-0.2, -0.15) is 0 Å². The van der Waals surface area contributed by atoms with Crippen LogP contribution >= 0.6 is 0 Å². The molecule has 0 aliphatic carbocycles. The van der Waals surface area contributed by atoms with Gasteiger partial charge in [-0.15, -0.1) is 0 Å². The van der Waals surface area contributed by atoms with E-state index in [2.05, 4.69) is 0 Å². The lowest BCUT2D eigenvalue weighted by Gasteiger charge is -1.96. The smallest absolute Gasteiger partial charge is 0.305 e. The van der Waals surface area contributed by atoms with Crippen LogP contribution < -0.4 is 0 Å². The van der Waals surface area contributed by atoms with Crippen molar-refractivity contribution in [2.24, 2.45) is 0 Å². The van der Waals surface area contributed by atoms with Gasteiger partial charge in [0.2, 0.25) is 0 Å². The van der Waals surface area contributed by atoms with Crippen molar-refractivity contribution >= 4 is 5.97 Å². The second kappa shape index (κ2) is 9.40. The monoisotopic (exact) mass is 196 g/mol. The molecule has 0 bridgehead atoms. The van der Waals surface area contributed by atoms with E-state index in [9.17, 15) is 4.79 Å². The Kier molecular flexibility index (Phi) is 10.7. The van der Waals surface area contributed by atoms with Crippen LogP contribution in [0, 0.1) is 0 Å². The topological polar surface area (TPSA) is 118 Å². The highest BCUT2D eigenvalue weighted by molar-refractivity contribution is 5.67. The molecule has 80 valence electrons. The Morgan fingerprint density at radius 2 is 1.62 bits per heavy atom. The third-order valence-corrected chi connectivity index (χ3v) is 0.892. The van der Waals surface area contributed by atoms with Gasteiger partial charge in [-0.25, -0.2) is 0 Å². The van der Waals surface area contributed by atoms with Crippen molar-refractivity contribution in [2.45, 2.75) is 25.6 Å². The Hall–Kier alpha value is -0.690. The lowest BCUT2D eigenvalue weighted by Crippen LogP contribution is -2.15. The van der Waals surface area contributed by atoms with E-state index in [1.54, 1.807) is 0 Å². The first kappa shape index (κ1) is 14.8. The zero-order chi connectivity index (χ0) is 10.9. The predicted molar refractivity (Wildman–Crippen MR) is 44.1 cm³/mol. The number of carboxylic acids is 1. The van der Waals surface area contributed by atoms with E-state index in [1.807, 2.05) is 0 Å². The lowest BCUT2D eigenvalue weighted by atomic mass is 10.3. The van der Waals surface area contributed by atoms with Crippen molar-refractivity contribution in [1.82, 2.24) is 0 Å². The third-order valence-electron chi connectivity index (χ3n) is 0.892. The molecule has 0 aromatic carbocycles. The van der Waals surface area contributed by atoms with Crippen molar-refractivity contribution < 1.29 is 30.3 Å². The molecule has 6 nitrogen and oxygen atoms in total. The van der Waals surface area contributed by atoms with Crippen molar-refractivity contribution in [2.75, 3.05) is 13.2 Å². The van der Waals surface area contributed by atoms with Crippen molar-refractivity contribution in [3.8, 4) is 0 Å². The average Bonchev–Trinajstić information content (AvgIpc) is 2.01. The van der Waals surface area contributed by atoms with Gasteiger partial charge < -0.3 is 25.5 Å². The summed E-state index contributed by atoms with van der Waals surface area (Å²) in [5, 5.41) is 40.3. The third kappa shape index (κ3) is 18.3. The molecule has 0 rings (SSSR count). The number of carboxylic acid groups (broad SMARTS) is 1. The van der Waals surface area contributed by atoms with Gasteiger partial charge in [-0.1, -0.05) is 0 Å². The molecular formula is C7H16O6. The van der Waals surface area contributed by atoms with Gasteiger partial charge in [0.15, 0.2) is 0 Å². The van der Waals surface area contributed by atoms with Crippen LogP contribution in [0.2, 0.25) is 0 Å². The Bertz CT molecular complexity index is 120. The molecule has 13 heavy (non-hydrogen) atoms. The van der Waals surface area contributed by atoms with Gasteiger partial charge in [0.05, 0.1) is 25.7 Å². The van der Waals surface area contributed by atoms with Crippen molar-refractivity contribution in [3.63, 3.8) is 0 Å². The van der Waals surface area contributed by atoms with Crippen LogP contribution in [0.5, 0.6) is 0 Å². The first-order valence-corrected chi connectivity index (χ1v) is 3.73. The van der Waals surface area contributed by atoms with Crippen molar-refractivity contribution in [3.05, 3.63) is 0 Å². The summed E-state index contributed by atoms with van der Waals surface area (Å²) in [5.41, 5.74) is 0. The van der Waals surface area contributed by atoms with E-state index in [0.29, 0.717) is 0 Å². The van der Waals surface area contributed by atoms with E-state index < -0.39 is 18.2 Å². The highest BCUT2D eigenvalue weighted by Gasteiger charge is 2.00. The molecule has 0 radical (unpaired) electrons. The second-order valence-corrected chi connectivity index (χ2v) is 2.47. The summed E-state index contributed by atoms with van der Waals surface area (Å²) in [7, 11) is 0. The highest BCUT2D eigenvalue weighted by Crippen LogP contribution is 1.85. The molecular weight excluding hydrogens is 180 g/mol. The first-order chi connectivity index (χ1) is 5.93. The molecule has 0 heterocycles. The quantitative estimate of drug-likeness (QED) is 0.361. The summed E-state index contributed by atoms with van der Waals surface area (Å²) >= 11 is 0. The minimum atomic E-state index is -0.963. The molecule has 0 spiro atoms. The number of rotatable bonds is 4. The van der Waals surface area contributed by atoms with Gasteiger partial charge >= 0.3 is 5.97 Å². The average molecular weight is 196 g/mol. The minimum Gasteiger partial charge on any atom is -0.481 e. The maximum Gasteiger partial charge on any atom is 0.305 e. The van der Waals surface area contributed by atoms with Crippen LogP contribution in [0.15, 0.2) is 0 Å². The largest absolute Gasteiger partial charge is 0.481 e. The number of aliphatic hydroxyl groups is 4. The van der Waals surface area contributed by atoms with E-state index in [4.69, 9.17) is 25.5 Å². The molecule has 0 fully saturated rings. The summed E-state index contributed by atoms with van der Waals surface area (Å²) < 4.78 is 0. The highest BCUT2D eigenvalue weighted by atomic mass is 16.4. The Morgan fingerprint density at radius 1 is 1.23 bits per heavy atom. The maximum atomic E-state index is 9.65. The van der Waals surface area contributed by atoms with E-state index in [0.717, 1.165) is 0 Å². The molecule has 0 saturated heterocycles. The minimum absolute atomic E-state index is 0.167. The zero-order valence-electron chi connectivity index (χ0n) is 7.42. The van der Waals surface area contributed by atoms with Gasteiger partial charge in [-0.05, 0) is 6.92 Å². The van der Waals surface area contributed by atoms with Crippen LogP contribution in [0.1, 0.15) is 13.3 Å². The molecule has 0 aromatic heterocycles. The Labute approximate surface area is 76.1 Å². The Morgan fingerprint density at radius 3 is 1.62 bits per heavy atom. The first-order valence-electron chi connectivity index (χ1n) is 3.73. The number of aliphatic carboxylic acids is 1. The van der Waals surface area contributed by atoms with E-state index in [1.165, 1.54) is 6.92 Å². The van der Waals surface area contributed by atoms with Crippen LogP contribution in [0.4, 0.5) is 0 Å². The lowest BCUT2D eigenvalue weighted by molar-refractivity contribution is -0.138. The summed E-state index contributed by atoms with van der Waals surface area (Å²) in [6, 6.07) is 0. The maximum absolute atomic E-state index is 9.65. The zero-order valence-corrected chi connectivity index (χ0v) is 7.42. The van der Waals surface area contributed by atoms with E-state index >= 15 is 0 Å². The predicted octanol–water partition coefficient (Wildman–Crippen LogP) is -1.83. The molecule has 1 atom stereocenters. The molecule has 0 unspecified atom stereocenters. The number of hydrogen-bond donors (Lipinski definition) is 5. The summed E-state index contributed by atoms with van der Waals surface area (Å²) in [5.74, 6) is -0.963. The Balaban J connectivity index is 0. The molecule has 0 aliphatic heterocycles. The van der Waals surface area contributed by atoms with Gasteiger partial charge in [0.25, 0.3) is 0 Å². The standard InChI is InChI=1S/C4H8O3.C3H8O3/c1-3(5)2-4(6)7;4-1-3(6)2-5/h3,5H,2H2,1H3,(H,6,7);3-6H,1-2H2/t3-;/m1./s1. The number of hydrogen-bond acceptors (Lipinski definition) is 5. The van der Waals surface area contributed by atoms with Gasteiger partial charge in [-0.3, -0.25) is 4.79 Å². The normalized spacial score (nSPS) is 11.8. The second-order valence-electron chi connectivity index (χ2n) is 2.47. The van der Waals surface area contributed by atoms with Crippen LogP contribution in [-0.4, -0.2) is 56.9 Å². The summed E-state index contributed by atoms with van der Waals surface area (Å²) in [6.07, 6.45) is -1.84.